The molecule has 0 aromatic heterocycles. The average Bonchev–Trinajstić information content (AvgIpc) is 2.79. The third-order valence-corrected chi connectivity index (χ3v) is 4.88. The molecule has 1 N–H and O–H groups in total. The first-order valence-corrected chi connectivity index (χ1v) is 7.77. The van der Waals surface area contributed by atoms with E-state index in [9.17, 15) is 9.90 Å². The van der Waals surface area contributed by atoms with Gasteiger partial charge in [0.05, 0.1) is 18.6 Å². The Hall–Kier alpha value is -1.00. The molecule has 1 aliphatic carbocycles. The highest BCUT2D eigenvalue weighted by Gasteiger charge is 2.41. The number of ether oxygens (including phenoxy) is 1. The Morgan fingerprint density at radius 3 is 2.79 bits per heavy atom. The molecule has 0 heterocycles. The van der Waals surface area contributed by atoms with Crippen molar-refractivity contribution in [1.29, 1.82) is 0 Å². The van der Waals surface area contributed by atoms with Gasteiger partial charge in [0.15, 0.2) is 0 Å². The molecule has 1 fully saturated rings. The van der Waals surface area contributed by atoms with Gasteiger partial charge in [0.2, 0.25) is 0 Å². The predicted molar refractivity (Wildman–Crippen MR) is 76.9 cm³/mol. The van der Waals surface area contributed by atoms with Crippen LogP contribution in [-0.2, 0) is 15.3 Å². The van der Waals surface area contributed by atoms with E-state index in [-0.39, 0.29) is 17.1 Å². The molecule has 0 saturated heterocycles. The highest BCUT2D eigenvalue weighted by molar-refractivity contribution is 7.99. The summed E-state index contributed by atoms with van der Waals surface area (Å²) in [4.78, 5) is 11.9. The maximum Gasteiger partial charge on any atom is 0.312 e. The van der Waals surface area contributed by atoms with E-state index < -0.39 is 6.10 Å². The molecular formula is C15H20O3S. The van der Waals surface area contributed by atoms with Crippen molar-refractivity contribution in [2.75, 3.05) is 6.61 Å². The number of carbonyl (C=O) groups excluding carboxylic acids is 1. The van der Waals surface area contributed by atoms with E-state index in [0.29, 0.717) is 13.0 Å². The predicted octanol–water partition coefficient (Wildman–Crippen LogP) is 2.62. The lowest BCUT2D eigenvalue weighted by molar-refractivity contribution is -0.150. The van der Waals surface area contributed by atoms with Crippen LogP contribution in [0.4, 0.5) is 0 Å². The standard InChI is InChI=1S/C15H20O3S/c1-2-18-15(17)14-12(16)8-9-13(14)19-10-11-6-4-3-5-7-11/h3-7,12-14,16H,2,8-10H2,1H3/t12-,13-,14-/m0/s1. The summed E-state index contributed by atoms with van der Waals surface area (Å²) in [5.74, 6) is 0.250. The van der Waals surface area contributed by atoms with E-state index in [1.54, 1.807) is 18.7 Å². The fourth-order valence-electron chi connectivity index (χ4n) is 2.45. The zero-order valence-electron chi connectivity index (χ0n) is 11.1. The van der Waals surface area contributed by atoms with Crippen LogP contribution in [0.2, 0.25) is 0 Å². The van der Waals surface area contributed by atoms with Crippen molar-refractivity contribution in [2.24, 2.45) is 5.92 Å². The number of aliphatic hydroxyl groups excluding tert-OH is 1. The Morgan fingerprint density at radius 2 is 2.11 bits per heavy atom. The van der Waals surface area contributed by atoms with Gasteiger partial charge in [-0.1, -0.05) is 30.3 Å². The molecule has 0 spiro atoms. The Morgan fingerprint density at radius 1 is 1.37 bits per heavy atom. The van der Waals surface area contributed by atoms with Gasteiger partial charge in [-0.15, -0.1) is 0 Å². The second-order valence-corrected chi connectivity index (χ2v) is 5.99. The molecule has 1 aromatic carbocycles. The summed E-state index contributed by atoms with van der Waals surface area (Å²) in [6.45, 7) is 2.17. The smallest absolute Gasteiger partial charge is 0.312 e. The van der Waals surface area contributed by atoms with E-state index in [2.05, 4.69) is 12.1 Å². The van der Waals surface area contributed by atoms with Crippen LogP contribution in [0.1, 0.15) is 25.3 Å². The van der Waals surface area contributed by atoms with Crippen LogP contribution in [0.3, 0.4) is 0 Å². The Kier molecular flexibility index (Phi) is 5.28. The summed E-state index contributed by atoms with van der Waals surface area (Å²) in [5, 5.41) is 10.1. The lowest BCUT2D eigenvalue weighted by Crippen LogP contribution is -2.31. The topological polar surface area (TPSA) is 46.5 Å². The molecule has 4 heteroatoms. The maximum atomic E-state index is 11.9. The van der Waals surface area contributed by atoms with Crippen LogP contribution in [0.15, 0.2) is 30.3 Å². The van der Waals surface area contributed by atoms with Gasteiger partial charge >= 0.3 is 5.97 Å². The molecule has 0 amide bonds. The summed E-state index contributed by atoms with van der Waals surface area (Å²) in [6, 6.07) is 10.2. The summed E-state index contributed by atoms with van der Waals surface area (Å²) in [6.07, 6.45) is 1.02. The average molecular weight is 280 g/mol. The summed E-state index contributed by atoms with van der Waals surface area (Å²) in [5.41, 5.74) is 1.25. The molecule has 3 nitrogen and oxygen atoms in total. The molecule has 2 rings (SSSR count). The Labute approximate surface area is 118 Å². The molecule has 0 aliphatic heterocycles. The normalized spacial score (nSPS) is 26.3. The molecular weight excluding hydrogens is 260 g/mol. The molecule has 0 bridgehead atoms. The largest absolute Gasteiger partial charge is 0.466 e. The molecule has 0 unspecified atom stereocenters. The molecule has 1 aromatic rings. The zero-order valence-corrected chi connectivity index (χ0v) is 11.9. The minimum absolute atomic E-state index is 0.161. The summed E-state index contributed by atoms with van der Waals surface area (Å²) >= 11 is 1.74. The van der Waals surface area contributed by atoms with E-state index >= 15 is 0 Å². The van der Waals surface area contributed by atoms with E-state index in [0.717, 1.165) is 12.2 Å². The third kappa shape index (κ3) is 3.74. The first kappa shape index (κ1) is 14.4. The molecule has 104 valence electrons. The van der Waals surface area contributed by atoms with Crippen LogP contribution >= 0.6 is 11.8 Å². The minimum Gasteiger partial charge on any atom is -0.466 e. The highest BCUT2D eigenvalue weighted by Crippen LogP contribution is 2.37. The number of benzene rings is 1. The van der Waals surface area contributed by atoms with Gasteiger partial charge in [0, 0.05) is 11.0 Å². The van der Waals surface area contributed by atoms with Crippen LogP contribution in [-0.4, -0.2) is 29.0 Å². The zero-order chi connectivity index (χ0) is 13.7. The van der Waals surface area contributed by atoms with Gasteiger partial charge in [-0.3, -0.25) is 4.79 Å². The third-order valence-electron chi connectivity index (χ3n) is 3.43. The maximum absolute atomic E-state index is 11.9. The van der Waals surface area contributed by atoms with Crippen molar-refractivity contribution in [3.8, 4) is 0 Å². The minimum atomic E-state index is -0.549. The van der Waals surface area contributed by atoms with Crippen LogP contribution in [0.25, 0.3) is 0 Å². The van der Waals surface area contributed by atoms with Crippen LogP contribution in [0, 0.1) is 5.92 Å². The van der Waals surface area contributed by atoms with E-state index in [1.807, 2.05) is 18.2 Å². The molecule has 0 radical (unpaired) electrons. The van der Waals surface area contributed by atoms with Crippen LogP contribution in [0.5, 0.6) is 0 Å². The van der Waals surface area contributed by atoms with Crippen molar-refractivity contribution >= 4 is 17.7 Å². The SMILES string of the molecule is CCOC(=O)[C@@H]1[C@@H](SCc2ccccc2)CC[C@@H]1O. The highest BCUT2D eigenvalue weighted by atomic mass is 32.2. The number of esters is 1. The summed E-state index contributed by atoms with van der Waals surface area (Å²) < 4.78 is 5.07. The van der Waals surface area contributed by atoms with E-state index in [4.69, 9.17) is 4.74 Å². The first-order chi connectivity index (χ1) is 9.22. The van der Waals surface area contributed by atoms with Gasteiger partial charge in [-0.05, 0) is 25.3 Å². The molecule has 1 saturated carbocycles. The quantitative estimate of drug-likeness (QED) is 0.842. The number of hydrogen-bond donors (Lipinski definition) is 1. The second-order valence-electron chi connectivity index (χ2n) is 4.76. The van der Waals surface area contributed by atoms with Crippen molar-refractivity contribution in [1.82, 2.24) is 0 Å². The molecule has 19 heavy (non-hydrogen) atoms. The Bertz CT molecular complexity index is 407. The van der Waals surface area contributed by atoms with Crippen molar-refractivity contribution < 1.29 is 14.6 Å². The fraction of sp³-hybridized carbons (Fsp3) is 0.533. The van der Waals surface area contributed by atoms with Crippen LogP contribution < -0.4 is 0 Å². The van der Waals surface area contributed by atoms with Gasteiger partial charge in [0.1, 0.15) is 0 Å². The van der Waals surface area contributed by atoms with Gasteiger partial charge in [-0.25, -0.2) is 0 Å². The molecule has 1 aliphatic rings. The summed E-state index contributed by atoms with van der Waals surface area (Å²) in [7, 11) is 0. The lowest BCUT2D eigenvalue weighted by atomic mass is 10.1. The van der Waals surface area contributed by atoms with Gasteiger partial charge in [-0.2, -0.15) is 11.8 Å². The van der Waals surface area contributed by atoms with Crippen molar-refractivity contribution in [3.05, 3.63) is 35.9 Å². The number of hydrogen-bond acceptors (Lipinski definition) is 4. The number of aliphatic hydroxyl groups is 1. The van der Waals surface area contributed by atoms with Gasteiger partial charge < -0.3 is 9.84 Å². The van der Waals surface area contributed by atoms with Gasteiger partial charge in [0.25, 0.3) is 0 Å². The number of rotatable bonds is 5. The Balaban J connectivity index is 1.93. The second kappa shape index (κ2) is 6.96. The van der Waals surface area contributed by atoms with Crippen molar-refractivity contribution in [2.45, 2.75) is 36.9 Å². The monoisotopic (exact) mass is 280 g/mol. The number of thioether (sulfide) groups is 1. The molecule has 3 atom stereocenters. The van der Waals surface area contributed by atoms with E-state index in [1.165, 1.54) is 5.56 Å². The first-order valence-electron chi connectivity index (χ1n) is 6.72. The fourth-order valence-corrected chi connectivity index (χ4v) is 3.86. The van der Waals surface area contributed by atoms with Crippen molar-refractivity contribution in [3.63, 3.8) is 0 Å². The lowest BCUT2D eigenvalue weighted by Gasteiger charge is -2.20. The number of carbonyl (C=O) groups is 1.